The van der Waals surface area contributed by atoms with E-state index in [1.54, 1.807) is 25.1 Å². The van der Waals surface area contributed by atoms with Crippen LogP contribution in [-0.4, -0.2) is 47.1 Å². The summed E-state index contributed by atoms with van der Waals surface area (Å²) in [7, 11) is -3.29. The van der Waals surface area contributed by atoms with E-state index < -0.39 is 15.6 Å². The first-order valence-electron chi connectivity index (χ1n) is 13.5. The molecule has 0 aliphatic carbocycles. The number of hydrogen-bond donors (Lipinski definition) is 2. The van der Waals surface area contributed by atoms with E-state index in [9.17, 15) is 8.42 Å². The third-order valence-electron chi connectivity index (χ3n) is 6.58. The Kier molecular flexibility index (Phi) is 11.1. The van der Waals surface area contributed by atoms with Gasteiger partial charge in [0, 0.05) is 22.6 Å². The lowest BCUT2D eigenvalue weighted by atomic mass is 9.89. The van der Waals surface area contributed by atoms with Crippen molar-refractivity contribution < 1.29 is 23.4 Å². The molecule has 1 fully saturated rings. The zero-order valence-corrected chi connectivity index (χ0v) is 25.9. The second kappa shape index (κ2) is 13.2. The van der Waals surface area contributed by atoms with Crippen LogP contribution in [0.1, 0.15) is 71.2 Å². The van der Waals surface area contributed by atoms with Gasteiger partial charge in [0.25, 0.3) is 6.47 Å². The standard InChI is InChI=1S/C23H25ClN2O2S.C4H10O.C2H6.CH2O2/c1-4-19-15(3)22-23-20(21(19)16-7-9-17(24)10-8-16)12-14(2)25(23)13-18-6-5-11-29(27,28)26(18)22;1-4(2,3)5;1-2;2-1-3/h7-10,12,18H,4-6,11,13H2,1-3H3;5H,1-3H3;1-2H3;1H,(H,2,3)/t18-;;;/m0.../s1. The van der Waals surface area contributed by atoms with Crippen LogP contribution in [0.4, 0.5) is 5.69 Å². The van der Waals surface area contributed by atoms with Gasteiger partial charge in [0.05, 0.1) is 28.6 Å². The number of hydrogen-bond acceptors (Lipinski definition) is 4. The van der Waals surface area contributed by atoms with Gasteiger partial charge in [-0.3, -0.25) is 9.10 Å². The van der Waals surface area contributed by atoms with Gasteiger partial charge in [-0.2, -0.15) is 0 Å². The summed E-state index contributed by atoms with van der Waals surface area (Å²) in [6, 6.07) is 10.2. The number of nitrogens with zero attached hydrogens (tertiary/aromatic N) is 2. The van der Waals surface area contributed by atoms with Crippen molar-refractivity contribution in [3.8, 4) is 11.1 Å². The number of aromatic nitrogens is 1. The highest BCUT2D eigenvalue weighted by Crippen LogP contribution is 2.48. The summed E-state index contributed by atoms with van der Waals surface area (Å²) in [6.45, 7) is 16.1. The second-order valence-electron chi connectivity index (χ2n) is 10.5. The molecule has 0 radical (unpaired) electrons. The molecule has 2 aliphatic heterocycles. The normalized spacial score (nSPS) is 17.0. The van der Waals surface area contributed by atoms with Crippen LogP contribution >= 0.6 is 11.6 Å². The average molecular weight is 579 g/mol. The summed E-state index contributed by atoms with van der Waals surface area (Å²) in [6.07, 6.45) is 2.50. The van der Waals surface area contributed by atoms with Gasteiger partial charge in [-0.05, 0) is 94.3 Å². The Balaban J connectivity index is 0.000000467. The van der Waals surface area contributed by atoms with Crippen molar-refractivity contribution in [3.63, 3.8) is 0 Å². The van der Waals surface area contributed by atoms with Crippen LogP contribution in [-0.2, 0) is 27.8 Å². The number of carbonyl (C=O) groups is 1. The fourth-order valence-corrected chi connectivity index (χ4v) is 7.31. The number of sulfonamides is 1. The van der Waals surface area contributed by atoms with Crippen LogP contribution in [0.15, 0.2) is 30.3 Å². The smallest absolute Gasteiger partial charge is 0.290 e. The molecule has 0 amide bonds. The molecule has 1 aromatic heterocycles. The summed E-state index contributed by atoms with van der Waals surface area (Å²) in [5, 5.41) is 17.3. The largest absolute Gasteiger partial charge is 0.483 e. The molecule has 5 rings (SSSR count). The lowest BCUT2D eigenvalue weighted by molar-refractivity contribution is -0.122. The highest BCUT2D eigenvalue weighted by atomic mass is 35.5. The maximum absolute atomic E-state index is 13.1. The predicted octanol–water partition coefficient (Wildman–Crippen LogP) is 6.96. The number of aliphatic hydroxyl groups is 1. The van der Waals surface area contributed by atoms with Crippen molar-refractivity contribution in [2.24, 2.45) is 0 Å². The van der Waals surface area contributed by atoms with Gasteiger partial charge in [0.1, 0.15) is 0 Å². The number of carboxylic acid groups (broad SMARTS) is 1. The molecule has 216 valence electrons. The van der Waals surface area contributed by atoms with E-state index in [1.165, 1.54) is 16.8 Å². The molecule has 2 aromatic carbocycles. The van der Waals surface area contributed by atoms with Crippen molar-refractivity contribution in [1.82, 2.24) is 4.57 Å². The number of fused-ring (bicyclic) bond motifs is 2. The average Bonchev–Trinajstić information content (AvgIpc) is 3.17. The number of anilines is 1. The van der Waals surface area contributed by atoms with Crippen LogP contribution in [0.25, 0.3) is 22.0 Å². The quantitative estimate of drug-likeness (QED) is 0.320. The fourth-order valence-electron chi connectivity index (χ4n) is 5.33. The van der Waals surface area contributed by atoms with E-state index in [0.29, 0.717) is 5.02 Å². The molecule has 2 N–H and O–H groups in total. The zero-order valence-electron chi connectivity index (χ0n) is 24.4. The maximum atomic E-state index is 13.1. The lowest BCUT2D eigenvalue weighted by Crippen LogP contribution is -2.50. The third kappa shape index (κ3) is 7.16. The van der Waals surface area contributed by atoms with E-state index in [-0.39, 0.29) is 18.3 Å². The van der Waals surface area contributed by atoms with Crippen LogP contribution in [0.3, 0.4) is 0 Å². The zero-order chi connectivity index (χ0) is 29.7. The maximum Gasteiger partial charge on any atom is 0.290 e. The van der Waals surface area contributed by atoms with Gasteiger partial charge in [0.2, 0.25) is 10.0 Å². The van der Waals surface area contributed by atoms with Crippen molar-refractivity contribution in [1.29, 1.82) is 0 Å². The SMILES string of the molecule is CC.CC(C)(C)O.CCc1c(C)c2c3c(cc(C)n3C[C@@H]3CCCS(=O)(=O)N23)c1-c1ccc(Cl)cc1.O=CO. The number of benzene rings is 2. The highest BCUT2D eigenvalue weighted by Gasteiger charge is 2.41. The molecule has 3 aromatic rings. The molecule has 0 saturated carbocycles. The van der Waals surface area contributed by atoms with Crippen molar-refractivity contribution in [2.45, 2.75) is 92.8 Å². The van der Waals surface area contributed by atoms with Gasteiger partial charge < -0.3 is 14.8 Å². The first-order valence-corrected chi connectivity index (χ1v) is 15.5. The minimum atomic E-state index is -3.29. The fraction of sp³-hybridized carbons (Fsp3) is 0.500. The minimum absolute atomic E-state index is 0.0142. The molecule has 1 atom stereocenters. The molecule has 3 heterocycles. The molecule has 7 nitrogen and oxygen atoms in total. The molecule has 0 bridgehead atoms. The highest BCUT2D eigenvalue weighted by molar-refractivity contribution is 7.92. The summed E-state index contributed by atoms with van der Waals surface area (Å²) in [4.78, 5) is 8.36. The van der Waals surface area contributed by atoms with Gasteiger partial charge in [-0.1, -0.05) is 44.5 Å². The number of halogens is 1. The van der Waals surface area contributed by atoms with E-state index in [2.05, 4.69) is 43.5 Å². The van der Waals surface area contributed by atoms with E-state index in [1.807, 2.05) is 26.0 Å². The molecule has 0 spiro atoms. The topological polar surface area (TPSA) is 99.8 Å². The molecule has 39 heavy (non-hydrogen) atoms. The lowest BCUT2D eigenvalue weighted by Gasteiger charge is -2.42. The van der Waals surface area contributed by atoms with E-state index in [0.717, 1.165) is 53.5 Å². The Hall–Kier alpha value is -2.55. The van der Waals surface area contributed by atoms with Gasteiger partial charge in [-0.25, -0.2) is 8.42 Å². The van der Waals surface area contributed by atoms with Crippen LogP contribution in [0, 0.1) is 13.8 Å². The summed E-state index contributed by atoms with van der Waals surface area (Å²) >= 11 is 6.14. The Morgan fingerprint density at radius 2 is 1.67 bits per heavy atom. The molecule has 1 saturated heterocycles. The van der Waals surface area contributed by atoms with E-state index >= 15 is 0 Å². The van der Waals surface area contributed by atoms with E-state index in [4.69, 9.17) is 26.6 Å². The first kappa shape index (κ1) is 32.7. The van der Waals surface area contributed by atoms with Gasteiger partial charge in [0.15, 0.2) is 0 Å². The minimum Gasteiger partial charge on any atom is -0.483 e. The predicted molar refractivity (Wildman–Crippen MR) is 163 cm³/mol. The Labute approximate surface area is 238 Å². The van der Waals surface area contributed by atoms with Crippen LogP contribution < -0.4 is 4.31 Å². The molecular formula is C30H43ClN2O5S. The molecule has 2 aliphatic rings. The summed E-state index contributed by atoms with van der Waals surface area (Å²) < 4.78 is 30.3. The monoisotopic (exact) mass is 578 g/mol. The number of rotatable bonds is 2. The van der Waals surface area contributed by atoms with Crippen LogP contribution in [0.2, 0.25) is 5.02 Å². The van der Waals surface area contributed by atoms with Crippen molar-refractivity contribution in [2.75, 3.05) is 10.1 Å². The molecule has 9 heteroatoms. The molecular weight excluding hydrogens is 536 g/mol. The van der Waals surface area contributed by atoms with Gasteiger partial charge in [-0.15, -0.1) is 0 Å². The van der Waals surface area contributed by atoms with Crippen molar-refractivity contribution in [3.05, 3.63) is 52.2 Å². The Morgan fingerprint density at radius 3 is 2.18 bits per heavy atom. The summed E-state index contributed by atoms with van der Waals surface area (Å²) in [5.74, 6) is 0.241. The first-order chi connectivity index (χ1) is 18.2. The van der Waals surface area contributed by atoms with Gasteiger partial charge >= 0.3 is 0 Å². The van der Waals surface area contributed by atoms with Crippen molar-refractivity contribution >= 4 is 44.7 Å². The molecule has 0 unspecified atom stereocenters. The Morgan fingerprint density at radius 1 is 1.13 bits per heavy atom. The second-order valence-corrected chi connectivity index (χ2v) is 12.9. The summed E-state index contributed by atoms with van der Waals surface area (Å²) in [5.41, 5.74) is 7.28. The third-order valence-corrected chi connectivity index (χ3v) is 8.72. The number of aryl methyl sites for hydroxylation is 1. The Bertz CT molecular complexity index is 1380. The van der Waals surface area contributed by atoms with Crippen LogP contribution in [0.5, 0.6) is 0 Å².